The lowest BCUT2D eigenvalue weighted by atomic mass is 10.2. The van der Waals surface area contributed by atoms with Crippen molar-refractivity contribution in [2.24, 2.45) is 0 Å². The maximum atomic E-state index is 12.1. The number of pyridine rings is 1. The molecule has 1 aromatic heterocycles. The van der Waals surface area contributed by atoms with Gasteiger partial charge in [-0.25, -0.2) is 0 Å². The van der Waals surface area contributed by atoms with Crippen LogP contribution in [0.2, 0.25) is 0 Å². The minimum atomic E-state index is -0.634. The van der Waals surface area contributed by atoms with Crippen LogP contribution in [0.1, 0.15) is 5.56 Å². The standard InChI is InChI=1S/C18H22N4O2/c1-21(2)16-6-4-15(5-7-16)20-17(23)18(24)22(3)13-10-14-8-11-19-12-9-14/h4-9,11-12H,10,13H2,1-3H3,(H,20,23). The molecule has 2 rings (SSSR count). The quantitative estimate of drug-likeness (QED) is 0.851. The average molecular weight is 326 g/mol. The lowest BCUT2D eigenvalue weighted by Crippen LogP contribution is -2.38. The number of aromatic nitrogens is 1. The molecule has 0 saturated heterocycles. The van der Waals surface area contributed by atoms with E-state index in [2.05, 4.69) is 10.3 Å². The highest BCUT2D eigenvalue weighted by molar-refractivity contribution is 6.39. The summed E-state index contributed by atoms with van der Waals surface area (Å²) in [5.41, 5.74) is 2.69. The molecule has 1 N–H and O–H groups in total. The van der Waals surface area contributed by atoms with Gasteiger partial charge in [-0.05, 0) is 48.4 Å². The van der Waals surface area contributed by atoms with E-state index >= 15 is 0 Å². The molecule has 0 bridgehead atoms. The Bertz CT molecular complexity index is 684. The molecule has 0 aliphatic carbocycles. The van der Waals surface area contributed by atoms with E-state index in [4.69, 9.17) is 0 Å². The van der Waals surface area contributed by atoms with E-state index in [1.54, 1.807) is 31.6 Å². The van der Waals surface area contributed by atoms with Crippen molar-refractivity contribution in [3.8, 4) is 0 Å². The molecule has 0 atom stereocenters. The topological polar surface area (TPSA) is 65.5 Å². The van der Waals surface area contributed by atoms with Gasteiger partial charge in [-0.2, -0.15) is 0 Å². The van der Waals surface area contributed by atoms with Crippen molar-refractivity contribution in [3.05, 3.63) is 54.4 Å². The predicted molar refractivity (Wildman–Crippen MR) is 95.0 cm³/mol. The number of carbonyl (C=O) groups excluding carboxylic acids is 2. The van der Waals surface area contributed by atoms with Crippen LogP contribution in [0.5, 0.6) is 0 Å². The molecule has 6 nitrogen and oxygen atoms in total. The van der Waals surface area contributed by atoms with Crippen LogP contribution in [0.15, 0.2) is 48.8 Å². The summed E-state index contributed by atoms with van der Waals surface area (Å²) in [5, 5.41) is 2.63. The molecule has 0 saturated carbocycles. The van der Waals surface area contributed by atoms with Gasteiger partial charge in [-0.3, -0.25) is 14.6 Å². The summed E-state index contributed by atoms with van der Waals surface area (Å²) in [7, 11) is 5.50. The summed E-state index contributed by atoms with van der Waals surface area (Å²) in [6.45, 7) is 0.468. The number of benzene rings is 1. The van der Waals surface area contributed by atoms with Gasteiger partial charge in [0, 0.05) is 51.5 Å². The zero-order valence-corrected chi connectivity index (χ0v) is 14.2. The van der Waals surface area contributed by atoms with Crippen LogP contribution >= 0.6 is 0 Å². The fraction of sp³-hybridized carbons (Fsp3) is 0.278. The van der Waals surface area contributed by atoms with Crippen LogP contribution in [-0.2, 0) is 16.0 Å². The number of nitrogens with one attached hydrogen (secondary N) is 1. The largest absolute Gasteiger partial charge is 0.378 e. The molecular formula is C18H22N4O2. The smallest absolute Gasteiger partial charge is 0.313 e. The lowest BCUT2D eigenvalue weighted by Gasteiger charge is -2.17. The van der Waals surface area contributed by atoms with Crippen LogP contribution in [0, 0.1) is 0 Å². The highest BCUT2D eigenvalue weighted by atomic mass is 16.2. The summed E-state index contributed by atoms with van der Waals surface area (Å²) in [4.78, 5) is 31.5. The van der Waals surface area contributed by atoms with Crippen molar-refractivity contribution in [2.45, 2.75) is 6.42 Å². The summed E-state index contributed by atoms with van der Waals surface area (Å²) >= 11 is 0. The minimum absolute atomic E-state index is 0.468. The SMILES string of the molecule is CN(CCc1ccncc1)C(=O)C(=O)Nc1ccc(N(C)C)cc1. The number of rotatable bonds is 5. The maximum absolute atomic E-state index is 12.1. The van der Waals surface area contributed by atoms with Crippen LogP contribution in [-0.4, -0.2) is 49.4 Å². The molecule has 126 valence electrons. The van der Waals surface area contributed by atoms with Crippen LogP contribution in [0.4, 0.5) is 11.4 Å². The molecule has 0 radical (unpaired) electrons. The molecule has 2 aromatic rings. The second kappa shape index (κ2) is 8.10. The van der Waals surface area contributed by atoms with Gasteiger partial charge in [-0.15, -0.1) is 0 Å². The van der Waals surface area contributed by atoms with Crippen LogP contribution < -0.4 is 10.2 Å². The molecule has 0 aliphatic heterocycles. The van der Waals surface area contributed by atoms with Gasteiger partial charge < -0.3 is 15.1 Å². The van der Waals surface area contributed by atoms with Crippen molar-refractivity contribution < 1.29 is 9.59 Å². The highest BCUT2D eigenvalue weighted by Crippen LogP contribution is 2.15. The van der Waals surface area contributed by atoms with Gasteiger partial charge >= 0.3 is 11.8 Å². The first kappa shape index (κ1) is 17.5. The zero-order valence-electron chi connectivity index (χ0n) is 14.2. The fourth-order valence-electron chi connectivity index (χ4n) is 2.15. The molecule has 0 aliphatic rings. The average Bonchev–Trinajstić information content (AvgIpc) is 2.60. The molecule has 6 heteroatoms. The fourth-order valence-corrected chi connectivity index (χ4v) is 2.15. The van der Waals surface area contributed by atoms with E-state index in [0.29, 0.717) is 18.7 Å². The third-order valence-electron chi connectivity index (χ3n) is 3.67. The summed E-state index contributed by atoms with van der Waals surface area (Å²) in [5.74, 6) is -1.19. The van der Waals surface area contributed by atoms with Crippen LogP contribution in [0.3, 0.4) is 0 Å². The number of carbonyl (C=O) groups is 2. The minimum Gasteiger partial charge on any atom is -0.378 e. The summed E-state index contributed by atoms with van der Waals surface area (Å²) < 4.78 is 0. The monoisotopic (exact) mass is 326 g/mol. The number of hydrogen-bond donors (Lipinski definition) is 1. The number of likely N-dealkylation sites (N-methyl/N-ethyl adjacent to an activating group) is 1. The first-order chi connectivity index (χ1) is 11.5. The molecule has 24 heavy (non-hydrogen) atoms. The molecule has 0 fully saturated rings. The predicted octanol–water partition coefficient (Wildman–Crippen LogP) is 1.79. The Morgan fingerprint density at radius 3 is 2.21 bits per heavy atom. The van der Waals surface area contributed by atoms with Crippen molar-refractivity contribution in [3.63, 3.8) is 0 Å². The number of hydrogen-bond acceptors (Lipinski definition) is 4. The number of amides is 2. The van der Waals surface area contributed by atoms with Gasteiger partial charge in [0.1, 0.15) is 0 Å². The number of anilines is 2. The molecule has 0 unspecified atom stereocenters. The van der Waals surface area contributed by atoms with Crippen molar-refractivity contribution in [1.82, 2.24) is 9.88 Å². The van der Waals surface area contributed by atoms with E-state index in [9.17, 15) is 9.59 Å². The van der Waals surface area contributed by atoms with Crippen molar-refractivity contribution >= 4 is 23.2 Å². The van der Waals surface area contributed by atoms with Gasteiger partial charge in [-0.1, -0.05) is 0 Å². The third kappa shape index (κ3) is 4.81. The first-order valence-electron chi connectivity index (χ1n) is 7.70. The first-order valence-corrected chi connectivity index (χ1v) is 7.70. The highest BCUT2D eigenvalue weighted by Gasteiger charge is 2.18. The second-order valence-electron chi connectivity index (χ2n) is 5.73. The van der Waals surface area contributed by atoms with Crippen molar-refractivity contribution in [2.75, 3.05) is 37.9 Å². The Labute approximate surface area is 142 Å². The Hall–Kier alpha value is -2.89. The van der Waals surface area contributed by atoms with Crippen LogP contribution in [0.25, 0.3) is 0 Å². The normalized spacial score (nSPS) is 10.1. The van der Waals surface area contributed by atoms with Gasteiger partial charge in [0.05, 0.1) is 0 Å². The summed E-state index contributed by atoms with van der Waals surface area (Å²) in [6.07, 6.45) is 4.10. The van der Waals surface area contributed by atoms with E-state index in [0.717, 1.165) is 11.3 Å². The molecule has 1 aromatic carbocycles. The molecular weight excluding hydrogens is 304 g/mol. The van der Waals surface area contributed by atoms with Gasteiger partial charge in [0.15, 0.2) is 0 Å². The van der Waals surface area contributed by atoms with Gasteiger partial charge in [0.25, 0.3) is 0 Å². The lowest BCUT2D eigenvalue weighted by molar-refractivity contribution is -0.142. The van der Waals surface area contributed by atoms with Gasteiger partial charge in [0.2, 0.25) is 0 Å². The van der Waals surface area contributed by atoms with E-state index in [-0.39, 0.29) is 0 Å². The third-order valence-corrected chi connectivity index (χ3v) is 3.67. The number of nitrogens with zero attached hydrogens (tertiary/aromatic N) is 3. The van der Waals surface area contributed by atoms with E-state index in [1.807, 2.05) is 43.3 Å². The maximum Gasteiger partial charge on any atom is 0.313 e. The van der Waals surface area contributed by atoms with E-state index in [1.165, 1.54) is 4.90 Å². The molecule has 0 spiro atoms. The Morgan fingerprint density at radius 1 is 1.00 bits per heavy atom. The summed E-state index contributed by atoms with van der Waals surface area (Å²) in [6, 6.07) is 11.1. The second-order valence-corrected chi connectivity index (χ2v) is 5.73. The van der Waals surface area contributed by atoms with E-state index < -0.39 is 11.8 Å². The molecule has 2 amide bonds. The Morgan fingerprint density at radius 2 is 1.62 bits per heavy atom. The zero-order chi connectivity index (χ0) is 17.5. The molecule has 1 heterocycles. The van der Waals surface area contributed by atoms with Crippen molar-refractivity contribution in [1.29, 1.82) is 0 Å². The Balaban J connectivity index is 1.87. The Kier molecular flexibility index (Phi) is 5.89.